The van der Waals surface area contributed by atoms with E-state index in [0.29, 0.717) is 0 Å². The van der Waals surface area contributed by atoms with Crippen molar-refractivity contribution in [3.63, 3.8) is 0 Å². The summed E-state index contributed by atoms with van der Waals surface area (Å²) in [5.41, 5.74) is 0. The van der Waals surface area contributed by atoms with Crippen molar-refractivity contribution in [2.24, 2.45) is 0 Å². The molecule has 10 atom stereocenters. The average molecular weight is 571 g/mol. The fourth-order valence-corrected chi connectivity index (χ4v) is 4.40. The molecule has 4 unspecified atom stereocenters. The van der Waals surface area contributed by atoms with Gasteiger partial charge in [0, 0.05) is 14.0 Å². The van der Waals surface area contributed by atoms with Crippen LogP contribution >= 0.6 is 0 Å². The van der Waals surface area contributed by atoms with Crippen LogP contribution in [0.2, 0.25) is 0 Å². The Labute approximate surface area is 203 Å². The molecule has 0 aliphatic carbocycles. The van der Waals surface area contributed by atoms with E-state index < -0.39 is 101 Å². The van der Waals surface area contributed by atoms with Crippen LogP contribution < -0.4 is 5.32 Å². The molecule has 2 saturated heterocycles. The van der Waals surface area contributed by atoms with E-state index in [1.54, 1.807) is 0 Å². The number of aliphatic hydroxyl groups excluding tert-OH is 3. The standard InChI is InChI=1S/C15H25NO18S2/c1-4(17)16-6-10(32-15-8(19)7(18)11(29-2)12(33-15)13(20)21)9(34-36(26,27)28)5(31-14(6)22)3-30-35(23,24)25/h5-12,14-15,18-19,22H,3H2,1-2H3,(H,16,17)(H,20,21)(H,23,24,25)(H,26,27,28)/t5?,6?,7-,8?,9+,10-,11+,12?,14-,15-/m1/s1. The third-order valence-corrected chi connectivity index (χ3v) is 5.90. The van der Waals surface area contributed by atoms with Crippen molar-refractivity contribution in [2.45, 2.75) is 68.3 Å². The van der Waals surface area contributed by atoms with Crippen molar-refractivity contribution < 1.29 is 83.3 Å². The molecule has 2 heterocycles. The van der Waals surface area contributed by atoms with Crippen LogP contribution in [0.5, 0.6) is 0 Å². The quantitative estimate of drug-likeness (QED) is 0.121. The predicted molar refractivity (Wildman–Crippen MR) is 106 cm³/mol. The van der Waals surface area contributed by atoms with Crippen LogP contribution in [0.15, 0.2) is 0 Å². The molecular weight excluding hydrogens is 546 g/mol. The Morgan fingerprint density at radius 3 is 2.03 bits per heavy atom. The molecule has 7 N–H and O–H groups in total. The number of hydrogen-bond acceptors (Lipinski definition) is 15. The summed E-state index contributed by atoms with van der Waals surface area (Å²) < 4.78 is 91.9. The Morgan fingerprint density at radius 1 is 0.944 bits per heavy atom. The van der Waals surface area contributed by atoms with E-state index in [9.17, 15) is 51.4 Å². The summed E-state index contributed by atoms with van der Waals surface area (Å²) in [7, 11) is -9.53. The van der Waals surface area contributed by atoms with Gasteiger partial charge in [-0.1, -0.05) is 0 Å². The number of carbonyl (C=O) groups excluding carboxylic acids is 1. The number of carbonyl (C=O) groups is 2. The Bertz CT molecular complexity index is 1000. The summed E-state index contributed by atoms with van der Waals surface area (Å²) in [6, 6.07) is -1.78. The zero-order valence-corrected chi connectivity index (χ0v) is 20.0. The number of aliphatic carboxylic acids is 1. The molecule has 2 aliphatic rings. The fraction of sp³-hybridized carbons (Fsp3) is 0.867. The monoisotopic (exact) mass is 571 g/mol. The lowest BCUT2D eigenvalue weighted by Crippen LogP contribution is -2.68. The number of rotatable bonds is 10. The van der Waals surface area contributed by atoms with E-state index >= 15 is 0 Å². The molecule has 0 saturated carbocycles. The lowest BCUT2D eigenvalue weighted by molar-refractivity contribution is -0.335. The molecule has 0 radical (unpaired) electrons. The van der Waals surface area contributed by atoms with Crippen LogP contribution in [-0.2, 0) is 57.7 Å². The molecule has 0 aromatic heterocycles. The minimum atomic E-state index is -5.40. The van der Waals surface area contributed by atoms with E-state index in [0.717, 1.165) is 14.0 Å². The maximum absolute atomic E-state index is 11.7. The van der Waals surface area contributed by atoms with E-state index in [1.807, 2.05) is 0 Å². The fourth-order valence-electron chi connectivity index (χ4n) is 3.58. The van der Waals surface area contributed by atoms with Crippen molar-refractivity contribution in [3.05, 3.63) is 0 Å². The molecule has 1 amide bonds. The van der Waals surface area contributed by atoms with Gasteiger partial charge in [-0.15, -0.1) is 0 Å². The van der Waals surface area contributed by atoms with Gasteiger partial charge >= 0.3 is 26.8 Å². The highest BCUT2D eigenvalue weighted by Crippen LogP contribution is 2.31. The van der Waals surface area contributed by atoms with Gasteiger partial charge in [0.05, 0.1) is 6.61 Å². The van der Waals surface area contributed by atoms with Gasteiger partial charge in [0.1, 0.15) is 42.7 Å². The summed E-state index contributed by atoms with van der Waals surface area (Å²) in [5, 5.41) is 42.5. The molecule has 19 nitrogen and oxygen atoms in total. The molecule has 2 fully saturated rings. The van der Waals surface area contributed by atoms with Crippen molar-refractivity contribution in [2.75, 3.05) is 13.7 Å². The van der Waals surface area contributed by atoms with Crippen molar-refractivity contribution in [3.8, 4) is 0 Å². The van der Waals surface area contributed by atoms with Gasteiger partial charge in [-0.25, -0.2) is 13.2 Å². The van der Waals surface area contributed by atoms with Crippen LogP contribution in [0, 0.1) is 0 Å². The Morgan fingerprint density at radius 2 is 1.56 bits per heavy atom. The van der Waals surface area contributed by atoms with Crippen LogP contribution in [0.4, 0.5) is 0 Å². The second kappa shape index (κ2) is 11.8. The largest absolute Gasteiger partial charge is 0.479 e. The maximum atomic E-state index is 11.7. The SMILES string of the molecule is CO[C@@H]1C(C(=O)O)O[C@@H](O[C@@H]2C(NC(C)=O)[C@H](O)OC(COS(=O)(=O)O)[C@@H]2OS(=O)(=O)O)C(O)[C@H]1O. The van der Waals surface area contributed by atoms with Gasteiger partial charge in [0.15, 0.2) is 18.7 Å². The summed E-state index contributed by atoms with van der Waals surface area (Å²) in [6.45, 7) is -0.280. The summed E-state index contributed by atoms with van der Waals surface area (Å²) >= 11 is 0. The van der Waals surface area contributed by atoms with Gasteiger partial charge in [0.25, 0.3) is 0 Å². The van der Waals surface area contributed by atoms with Crippen LogP contribution in [0.1, 0.15) is 6.92 Å². The zero-order valence-electron chi connectivity index (χ0n) is 18.4. The second-order valence-corrected chi connectivity index (χ2v) is 9.68. The molecule has 21 heteroatoms. The number of carboxylic acids is 1. The molecular formula is C15H25NO18S2. The number of aliphatic hydroxyl groups is 3. The van der Waals surface area contributed by atoms with Gasteiger partial charge in [-0.05, 0) is 0 Å². The summed E-state index contributed by atoms with van der Waals surface area (Å²) in [6.07, 6.45) is -18.0. The van der Waals surface area contributed by atoms with Gasteiger partial charge in [0.2, 0.25) is 5.91 Å². The molecule has 210 valence electrons. The molecule has 0 aromatic rings. The number of ether oxygens (including phenoxy) is 4. The molecule has 0 spiro atoms. The topological polar surface area (TPSA) is 291 Å². The molecule has 0 bridgehead atoms. The third-order valence-electron chi connectivity index (χ3n) is 5.00. The Hall–Kier alpha value is -1.60. The van der Waals surface area contributed by atoms with Crippen molar-refractivity contribution in [1.82, 2.24) is 5.32 Å². The zero-order chi connectivity index (χ0) is 27.6. The van der Waals surface area contributed by atoms with Crippen LogP contribution in [0.3, 0.4) is 0 Å². The molecule has 2 rings (SSSR count). The Balaban J connectivity index is 2.49. The van der Waals surface area contributed by atoms with E-state index in [1.165, 1.54) is 0 Å². The average Bonchev–Trinajstić information content (AvgIpc) is 2.72. The Kier molecular flexibility index (Phi) is 10.1. The lowest BCUT2D eigenvalue weighted by atomic mass is 9.95. The first-order valence-corrected chi connectivity index (χ1v) is 12.5. The smallest absolute Gasteiger partial charge is 0.397 e. The normalized spacial score (nSPS) is 37.9. The second-order valence-electron chi connectivity index (χ2n) is 7.54. The highest BCUT2D eigenvalue weighted by atomic mass is 32.3. The van der Waals surface area contributed by atoms with E-state index in [4.69, 9.17) is 23.5 Å². The number of methoxy groups -OCH3 is 1. The first kappa shape index (κ1) is 30.6. The summed E-state index contributed by atoms with van der Waals surface area (Å²) in [4.78, 5) is 23.2. The van der Waals surface area contributed by atoms with Crippen molar-refractivity contribution >= 4 is 32.7 Å². The number of carboxylic acid groups (broad SMARTS) is 1. The van der Waals surface area contributed by atoms with Gasteiger partial charge in [-0.2, -0.15) is 16.8 Å². The summed E-state index contributed by atoms with van der Waals surface area (Å²) in [5.74, 6) is -2.53. The third kappa shape index (κ3) is 7.95. The van der Waals surface area contributed by atoms with Crippen LogP contribution in [-0.4, -0.2) is 133 Å². The van der Waals surface area contributed by atoms with Gasteiger partial charge < -0.3 is 44.7 Å². The van der Waals surface area contributed by atoms with E-state index in [-0.39, 0.29) is 0 Å². The first-order chi connectivity index (χ1) is 16.4. The maximum Gasteiger partial charge on any atom is 0.397 e. The minimum absolute atomic E-state index is 0.859. The number of amides is 1. The predicted octanol–water partition coefficient (Wildman–Crippen LogP) is -4.85. The molecule has 2 aliphatic heterocycles. The molecule has 36 heavy (non-hydrogen) atoms. The lowest BCUT2D eigenvalue weighted by Gasteiger charge is -2.47. The highest BCUT2D eigenvalue weighted by molar-refractivity contribution is 7.81. The molecule has 0 aromatic carbocycles. The minimum Gasteiger partial charge on any atom is -0.479 e. The highest BCUT2D eigenvalue weighted by Gasteiger charge is 2.54. The van der Waals surface area contributed by atoms with Crippen molar-refractivity contribution in [1.29, 1.82) is 0 Å². The number of nitrogens with one attached hydrogen (secondary N) is 1. The van der Waals surface area contributed by atoms with Crippen LogP contribution in [0.25, 0.3) is 0 Å². The van der Waals surface area contributed by atoms with Gasteiger partial charge in [-0.3, -0.25) is 13.9 Å². The number of hydrogen-bond donors (Lipinski definition) is 7. The first-order valence-electron chi connectivity index (χ1n) is 9.76. The van der Waals surface area contributed by atoms with E-state index in [2.05, 4.69) is 13.7 Å².